The Labute approximate surface area is 121 Å². The van der Waals surface area contributed by atoms with Gasteiger partial charge in [0.05, 0.1) is 4.92 Å². The molecule has 3 atom stereocenters. The first kappa shape index (κ1) is 14.0. The first-order chi connectivity index (χ1) is 10.0. The number of nitro groups is 1. The number of amides is 1. The number of carbonyl (C=O) groups is 1. The molecule has 0 aliphatic heterocycles. The van der Waals surface area contributed by atoms with E-state index in [-0.39, 0.29) is 11.5 Å². The Morgan fingerprint density at radius 2 is 2.19 bits per heavy atom. The van der Waals surface area contributed by atoms with Crippen LogP contribution in [0.15, 0.2) is 18.2 Å². The highest BCUT2D eigenvalue weighted by Crippen LogP contribution is 2.47. The smallest absolute Gasteiger partial charge is 0.304 e. The van der Waals surface area contributed by atoms with Crippen LogP contribution in [0.5, 0.6) is 0 Å². The summed E-state index contributed by atoms with van der Waals surface area (Å²) in [5, 5.41) is 13.4. The number of hydrogen-bond acceptors (Lipinski definition) is 3. The van der Waals surface area contributed by atoms with Gasteiger partial charge in [-0.3, -0.25) is 14.9 Å². The molecule has 2 aliphatic carbocycles. The van der Waals surface area contributed by atoms with E-state index < -0.39 is 16.4 Å². The molecule has 0 aromatic heterocycles. The molecule has 1 aromatic rings. The molecule has 2 bridgehead atoms. The molecule has 0 saturated heterocycles. The molecule has 2 aliphatic rings. The molecule has 1 N–H and O–H groups in total. The van der Waals surface area contributed by atoms with Gasteiger partial charge in [0.1, 0.15) is 0 Å². The molecule has 1 aromatic carbocycles. The van der Waals surface area contributed by atoms with Gasteiger partial charge in [-0.2, -0.15) is 4.39 Å². The minimum atomic E-state index is -0.979. The van der Waals surface area contributed by atoms with E-state index in [9.17, 15) is 19.3 Å². The van der Waals surface area contributed by atoms with Gasteiger partial charge in [0, 0.05) is 18.2 Å². The predicted octanol–water partition coefficient (Wildman–Crippen LogP) is 2.90. The molecular formula is C15H17FN2O3. The second-order valence-corrected chi connectivity index (χ2v) is 6.07. The zero-order valence-corrected chi connectivity index (χ0v) is 11.5. The second kappa shape index (κ2) is 5.42. The van der Waals surface area contributed by atoms with Crippen molar-refractivity contribution < 1.29 is 14.1 Å². The first-order valence-corrected chi connectivity index (χ1v) is 7.26. The SMILES string of the molecule is O=C(NCC1CC2CCC1C2)c1ccc([N+](=O)[O-])c(F)c1. The molecule has 5 nitrogen and oxygen atoms in total. The van der Waals surface area contributed by atoms with Crippen molar-refractivity contribution in [2.75, 3.05) is 6.54 Å². The van der Waals surface area contributed by atoms with Crippen LogP contribution in [-0.2, 0) is 0 Å². The molecule has 0 radical (unpaired) electrons. The van der Waals surface area contributed by atoms with Crippen LogP contribution in [-0.4, -0.2) is 17.4 Å². The van der Waals surface area contributed by atoms with Crippen LogP contribution in [0, 0.1) is 33.7 Å². The van der Waals surface area contributed by atoms with E-state index in [1.165, 1.54) is 31.7 Å². The fourth-order valence-electron chi connectivity index (χ4n) is 3.75. The molecule has 0 spiro atoms. The van der Waals surface area contributed by atoms with E-state index >= 15 is 0 Å². The highest BCUT2D eigenvalue weighted by Gasteiger charge is 2.39. The van der Waals surface area contributed by atoms with E-state index in [4.69, 9.17) is 0 Å². The summed E-state index contributed by atoms with van der Waals surface area (Å²) in [5.74, 6) is 0.701. The van der Waals surface area contributed by atoms with Gasteiger partial charge in [-0.25, -0.2) is 0 Å². The summed E-state index contributed by atoms with van der Waals surface area (Å²) in [6.45, 7) is 0.610. The molecule has 1 amide bonds. The molecule has 21 heavy (non-hydrogen) atoms. The van der Waals surface area contributed by atoms with Crippen molar-refractivity contribution in [3.8, 4) is 0 Å². The summed E-state index contributed by atoms with van der Waals surface area (Å²) in [6, 6.07) is 3.24. The van der Waals surface area contributed by atoms with E-state index in [1.54, 1.807) is 0 Å². The Kier molecular flexibility index (Phi) is 3.61. The van der Waals surface area contributed by atoms with Crippen molar-refractivity contribution in [3.63, 3.8) is 0 Å². The number of nitrogens with zero attached hydrogens (tertiary/aromatic N) is 1. The summed E-state index contributed by atoms with van der Waals surface area (Å²) in [6.07, 6.45) is 4.99. The topological polar surface area (TPSA) is 72.2 Å². The minimum absolute atomic E-state index is 0.126. The number of halogens is 1. The number of carbonyl (C=O) groups excluding carboxylic acids is 1. The molecule has 2 fully saturated rings. The summed E-state index contributed by atoms with van der Waals surface area (Å²) in [5.41, 5.74) is -0.485. The normalized spacial score (nSPS) is 26.8. The van der Waals surface area contributed by atoms with Crippen LogP contribution in [0.3, 0.4) is 0 Å². The fourth-order valence-corrected chi connectivity index (χ4v) is 3.75. The zero-order valence-electron chi connectivity index (χ0n) is 11.5. The average molecular weight is 292 g/mol. The van der Waals surface area contributed by atoms with Crippen LogP contribution < -0.4 is 5.32 Å². The summed E-state index contributed by atoms with van der Waals surface area (Å²) >= 11 is 0. The standard InChI is InChI=1S/C15H17FN2O3/c16-13-7-11(3-4-14(13)18(20)21)15(19)17-8-12-6-9-1-2-10(12)5-9/h3-4,7,9-10,12H,1-2,5-6,8H2,(H,17,19). The van der Waals surface area contributed by atoms with Crippen molar-refractivity contribution in [2.24, 2.45) is 17.8 Å². The van der Waals surface area contributed by atoms with Crippen molar-refractivity contribution in [3.05, 3.63) is 39.7 Å². The Hall–Kier alpha value is -1.98. The maximum Gasteiger partial charge on any atom is 0.304 e. The Balaban J connectivity index is 1.60. The van der Waals surface area contributed by atoms with Gasteiger partial charge in [-0.1, -0.05) is 6.42 Å². The Bertz CT molecular complexity index is 590. The van der Waals surface area contributed by atoms with Crippen molar-refractivity contribution in [1.29, 1.82) is 0 Å². The summed E-state index contributed by atoms with van der Waals surface area (Å²) in [4.78, 5) is 21.7. The largest absolute Gasteiger partial charge is 0.352 e. The number of nitrogens with one attached hydrogen (secondary N) is 1. The van der Waals surface area contributed by atoms with Gasteiger partial charge in [-0.15, -0.1) is 0 Å². The molecule has 0 heterocycles. The summed E-state index contributed by atoms with van der Waals surface area (Å²) in [7, 11) is 0. The predicted molar refractivity (Wildman–Crippen MR) is 74.3 cm³/mol. The molecule has 2 saturated carbocycles. The maximum atomic E-state index is 13.5. The number of rotatable bonds is 4. The number of hydrogen-bond donors (Lipinski definition) is 1. The van der Waals surface area contributed by atoms with Crippen LogP contribution in [0.25, 0.3) is 0 Å². The fraction of sp³-hybridized carbons (Fsp3) is 0.533. The minimum Gasteiger partial charge on any atom is -0.352 e. The van der Waals surface area contributed by atoms with Gasteiger partial charge in [0.2, 0.25) is 5.82 Å². The molecular weight excluding hydrogens is 275 g/mol. The number of nitro benzene ring substituents is 1. The lowest BCUT2D eigenvalue weighted by atomic mass is 9.89. The van der Waals surface area contributed by atoms with Gasteiger partial charge in [0.25, 0.3) is 5.91 Å². The van der Waals surface area contributed by atoms with Crippen LogP contribution >= 0.6 is 0 Å². The molecule has 6 heteroatoms. The van der Waals surface area contributed by atoms with Gasteiger partial charge in [0.15, 0.2) is 0 Å². The average Bonchev–Trinajstić information content (AvgIpc) is 3.06. The Morgan fingerprint density at radius 3 is 2.76 bits per heavy atom. The Morgan fingerprint density at radius 1 is 1.38 bits per heavy atom. The van der Waals surface area contributed by atoms with Gasteiger partial charge < -0.3 is 5.32 Å². The summed E-state index contributed by atoms with van der Waals surface area (Å²) < 4.78 is 13.5. The van der Waals surface area contributed by atoms with Crippen LogP contribution in [0.1, 0.15) is 36.0 Å². The number of benzene rings is 1. The second-order valence-electron chi connectivity index (χ2n) is 6.07. The molecule has 3 unspecified atom stereocenters. The number of fused-ring (bicyclic) bond motifs is 2. The monoisotopic (exact) mass is 292 g/mol. The van der Waals surface area contributed by atoms with Crippen molar-refractivity contribution in [1.82, 2.24) is 5.32 Å². The lowest BCUT2D eigenvalue weighted by molar-refractivity contribution is -0.387. The zero-order chi connectivity index (χ0) is 15.0. The molecule has 112 valence electrons. The van der Waals surface area contributed by atoms with E-state index in [2.05, 4.69) is 5.32 Å². The lowest BCUT2D eigenvalue weighted by Crippen LogP contribution is -2.31. The first-order valence-electron chi connectivity index (χ1n) is 7.26. The van der Waals surface area contributed by atoms with Gasteiger partial charge in [-0.05, 0) is 49.1 Å². The third-order valence-corrected chi connectivity index (χ3v) is 4.82. The van der Waals surface area contributed by atoms with E-state index in [1.807, 2.05) is 0 Å². The molecule has 3 rings (SSSR count). The van der Waals surface area contributed by atoms with E-state index in [0.717, 1.165) is 18.1 Å². The maximum absolute atomic E-state index is 13.5. The highest BCUT2D eigenvalue weighted by molar-refractivity contribution is 5.94. The lowest BCUT2D eigenvalue weighted by Gasteiger charge is -2.21. The van der Waals surface area contributed by atoms with Crippen LogP contribution in [0.2, 0.25) is 0 Å². The van der Waals surface area contributed by atoms with Crippen LogP contribution in [0.4, 0.5) is 10.1 Å². The van der Waals surface area contributed by atoms with Crippen molar-refractivity contribution in [2.45, 2.75) is 25.7 Å². The quantitative estimate of drug-likeness (QED) is 0.685. The van der Waals surface area contributed by atoms with Crippen molar-refractivity contribution >= 4 is 11.6 Å². The third kappa shape index (κ3) is 2.75. The third-order valence-electron chi connectivity index (χ3n) is 4.82. The van der Waals surface area contributed by atoms with Gasteiger partial charge >= 0.3 is 5.69 Å². The highest BCUT2D eigenvalue weighted by atomic mass is 19.1. The van der Waals surface area contributed by atoms with E-state index in [0.29, 0.717) is 18.4 Å².